The van der Waals surface area contributed by atoms with Crippen LogP contribution in [0.2, 0.25) is 5.02 Å². The molecule has 0 nitrogen and oxygen atoms in total. The number of rotatable bonds is 2. The van der Waals surface area contributed by atoms with Crippen molar-refractivity contribution in [3.63, 3.8) is 0 Å². The minimum atomic E-state index is 0.939. The maximum absolute atomic E-state index is 6.10. The lowest BCUT2D eigenvalue weighted by Gasteiger charge is -2.10. The first-order chi connectivity index (χ1) is 5.70. The molecule has 0 aromatic heterocycles. The van der Waals surface area contributed by atoms with E-state index in [0.717, 1.165) is 28.1 Å². The average molecular weight is 199 g/mol. The van der Waals surface area contributed by atoms with Crippen molar-refractivity contribution >= 4 is 27.0 Å². The fraction of sp³-hybridized carbons (Fsp3) is 0.400. The molecular formula is C10H15ClSi. The van der Waals surface area contributed by atoms with Gasteiger partial charge in [-0.25, -0.2) is 0 Å². The van der Waals surface area contributed by atoms with Gasteiger partial charge < -0.3 is 0 Å². The molecule has 12 heavy (non-hydrogen) atoms. The predicted octanol–water partition coefficient (Wildman–Crippen LogP) is 1.46. The van der Waals surface area contributed by atoms with Gasteiger partial charge in [0.2, 0.25) is 0 Å². The number of halogens is 1. The average Bonchev–Trinajstić information content (AvgIpc) is 2.08. The van der Waals surface area contributed by atoms with Gasteiger partial charge in [-0.15, -0.1) is 0 Å². The van der Waals surface area contributed by atoms with Crippen molar-refractivity contribution in [3.8, 4) is 0 Å². The lowest BCUT2D eigenvalue weighted by molar-refractivity contribution is 1.05. The molecule has 1 aromatic rings. The molecule has 0 atom stereocenters. The summed E-state index contributed by atoms with van der Waals surface area (Å²) in [6, 6.07) is 4.19. The molecular weight excluding hydrogens is 184 g/mol. The van der Waals surface area contributed by atoms with Crippen LogP contribution in [-0.2, 0) is 12.8 Å². The highest BCUT2D eigenvalue weighted by atomic mass is 35.5. The van der Waals surface area contributed by atoms with E-state index in [-0.39, 0.29) is 0 Å². The summed E-state index contributed by atoms with van der Waals surface area (Å²) in [6.45, 7) is 4.37. The van der Waals surface area contributed by atoms with Gasteiger partial charge in [-0.1, -0.05) is 36.7 Å². The topological polar surface area (TPSA) is 0 Å². The van der Waals surface area contributed by atoms with Crippen LogP contribution >= 0.6 is 11.6 Å². The van der Waals surface area contributed by atoms with E-state index in [2.05, 4.69) is 19.9 Å². The Labute approximate surface area is 82.4 Å². The normalized spacial score (nSPS) is 10.6. The standard InChI is InChI=1S/C10H15ClSi/c1-3-7-8(4-2)10(12)6-5-9(7)11/h5-6H,3-4H2,1-2,12H3. The van der Waals surface area contributed by atoms with Gasteiger partial charge in [0, 0.05) is 15.3 Å². The molecule has 1 aromatic carbocycles. The molecule has 0 fully saturated rings. The van der Waals surface area contributed by atoms with Crippen LogP contribution in [0.3, 0.4) is 0 Å². The van der Waals surface area contributed by atoms with E-state index in [1.165, 1.54) is 16.3 Å². The van der Waals surface area contributed by atoms with Crippen LogP contribution in [0.1, 0.15) is 25.0 Å². The van der Waals surface area contributed by atoms with Crippen LogP contribution in [0.4, 0.5) is 0 Å². The largest absolute Gasteiger partial charge is 0.0840 e. The lowest BCUT2D eigenvalue weighted by atomic mass is 10.0. The van der Waals surface area contributed by atoms with E-state index in [0.29, 0.717) is 0 Å². The van der Waals surface area contributed by atoms with Gasteiger partial charge in [-0.3, -0.25) is 0 Å². The highest BCUT2D eigenvalue weighted by Crippen LogP contribution is 2.19. The highest BCUT2D eigenvalue weighted by molar-refractivity contribution is 6.35. The second-order valence-corrected chi connectivity index (χ2v) is 4.51. The summed E-state index contributed by atoms with van der Waals surface area (Å²) >= 11 is 6.10. The second-order valence-electron chi connectivity index (χ2n) is 3.03. The Kier molecular flexibility index (Phi) is 3.36. The Hall–Kier alpha value is -0.273. The fourth-order valence-corrected chi connectivity index (χ4v) is 2.79. The molecule has 0 aliphatic rings. The summed E-state index contributed by atoms with van der Waals surface area (Å²) in [7, 11) is 1.13. The summed E-state index contributed by atoms with van der Waals surface area (Å²) in [5.74, 6) is 0. The zero-order valence-corrected chi connectivity index (χ0v) is 10.7. The van der Waals surface area contributed by atoms with Crippen LogP contribution in [-0.4, -0.2) is 10.2 Å². The first kappa shape index (κ1) is 9.81. The Bertz CT molecular complexity index is 252. The van der Waals surface area contributed by atoms with Crippen molar-refractivity contribution in [1.29, 1.82) is 0 Å². The maximum Gasteiger partial charge on any atom is 0.0440 e. The SMILES string of the molecule is CCc1c([SiH3])ccc(Cl)c1CC. The minimum absolute atomic E-state index is 0.939. The quantitative estimate of drug-likeness (QED) is 0.632. The van der Waals surface area contributed by atoms with E-state index in [1.54, 1.807) is 0 Å². The fourth-order valence-electron chi connectivity index (χ4n) is 1.66. The van der Waals surface area contributed by atoms with E-state index in [1.807, 2.05) is 6.07 Å². The van der Waals surface area contributed by atoms with E-state index < -0.39 is 0 Å². The van der Waals surface area contributed by atoms with Crippen molar-refractivity contribution < 1.29 is 0 Å². The number of hydrogen-bond acceptors (Lipinski definition) is 0. The van der Waals surface area contributed by atoms with Gasteiger partial charge >= 0.3 is 0 Å². The van der Waals surface area contributed by atoms with E-state index >= 15 is 0 Å². The first-order valence-electron chi connectivity index (χ1n) is 4.47. The third kappa shape index (κ3) is 1.72. The zero-order valence-electron chi connectivity index (χ0n) is 7.95. The molecule has 0 N–H and O–H groups in total. The first-order valence-corrected chi connectivity index (χ1v) is 5.85. The molecule has 0 saturated heterocycles. The van der Waals surface area contributed by atoms with Crippen molar-refractivity contribution in [1.82, 2.24) is 0 Å². The van der Waals surface area contributed by atoms with E-state index in [9.17, 15) is 0 Å². The van der Waals surface area contributed by atoms with Gasteiger partial charge in [-0.05, 0) is 30.0 Å². The third-order valence-corrected chi connectivity index (χ3v) is 3.61. The summed E-state index contributed by atoms with van der Waals surface area (Å²) in [5.41, 5.74) is 2.84. The van der Waals surface area contributed by atoms with Crippen LogP contribution in [0, 0.1) is 0 Å². The third-order valence-electron chi connectivity index (χ3n) is 2.32. The van der Waals surface area contributed by atoms with Crippen molar-refractivity contribution in [2.24, 2.45) is 0 Å². The van der Waals surface area contributed by atoms with Crippen molar-refractivity contribution in [3.05, 3.63) is 28.3 Å². The molecule has 0 bridgehead atoms. The molecule has 66 valence electrons. The van der Waals surface area contributed by atoms with Gasteiger partial charge in [-0.2, -0.15) is 0 Å². The van der Waals surface area contributed by atoms with Crippen LogP contribution < -0.4 is 5.19 Å². The van der Waals surface area contributed by atoms with Gasteiger partial charge in [0.05, 0.1) is 0 Å². The van der Waals surface area contributed by atoms with Gasteiger partial charge in [0.25, 0.3) is 0 Å². The molecule has 2 heteroatoms. The molecule has 0 unspecified atom stereocenters. The molecule has 0 saturated carbocycles. The Morgan fingerprint density at radius 3 is 2.17 bits per heavy atom. The van der Waals surface area contributed by atoms with Crippen molar-refractivity contribution in [2.45, 2.75) is 26.7 Å². The van der Waals surface area contributed by atoms with Crippen LogP contribution in [0.15, 0.2) is 12.1 Å². The number of benzene rings is 1. The molecule has 1 rings (SSSR count). The smallest absolute Gasteiger partial charge is 0.0440 e. The molecule has 0 amide bonds. The summed E-state index contributed by atoms with van der Waals surface area (Å²) in [4.78, 5) is 0. The van der Waals surface area contributed by atoms with E-state index in [4.69, 9.17) is 11.6 Å². The Morgan fingerprint density at radius 1 is 1.17 bits per heavy atom. The van der Waals surface area contributed by atoms with Crippen molar-refractivity contribution in [2.75, 3.05) is 0 Å². The lowest BCUT2D eigenvalue weighted by Crippen LogP contribution is -2.12. The zero-order chi connectivity index (χ0) is 9.14. The summed E-state index contributed by atoms with van der Waals surface area (Å²) in [6.07, 6.45) is 2.17. The molecule has 0 spiro atoms. The maximum atomic E-state index is 6.10. The molecule has 0 radical (unpaired) electrons. The summed E-state index contributed by atoms with van der Waals surface area (Å²) < 4.78 is 0. The predicted molar refractivity (Wildman–Crippen MR) is 59.8 cm³/mol. The highest BCUT2D eigenvalue weighted by Gasteiger charge is 2.05. The summed E-state index contributed by atoms with van der Waals surface area (Å²) in [5, 5.41) is 2.44. The monoisotopic (exact) mass is 198 g/mol. The molecule has 0 aliphatic carbocycles. The second kappa shape index (κ2) is 4.10. The molecule has 0 aliphatic heterocycles. The van der Waals surface area contributed by atoms with Crippen LogP contribution in [0.5, 0.6) is 0 Å². The Morgan fingerprint density at radius 2 is 1.75 bits per heavy atom. The van der Waals surface area contributed by atoms with Crippen LogP contribution in [0.25, 0.3) is 0 Å². The minimum Gasteiger partial charge on any atom is -0.0840 e. The Balaban J connectivity index is 3.28. The van der Waals surface area contributed by atoms with Gasteiger partial charge in [0.15, 0.2) is 0 Å². The number of hydrogen-bond donors (Lipinski definition) is 0. The molecule has 0 heterocycles. The van der Waals surface area contributed by atoms with Gasteiger partial charge in [0.1, 0.15) is 0 Å².